The Bertz CT molecular complexity index is 915. The van der Waals surface area contributed by atoms with Crippen molar-refractivity contribution in [2.24, 2.45) is 5.73 Å². The number of carbonyl (C=O) groups is 2. The van der Waals surface area contributed by atoms with E-state index >= 15 is 0 Å². The van der Waals surface area contributed by atoms with E-state index in [0.717, 1.165) is 11.1 Å². The van der Waals surface area contributed by atoms with E-state index in [9.17, 15) is 19.2 Å². The van der Waals surface area contributed by atoms with E-state index in [1.165, 1.54) is 12.1 Å². The molecule has 0 fully saturated rings. The van der Waals surface area contributed by atoms with E-state index in [-0.39, 0.29) is 24.9 Å². The Morgan fingerprint density at radius 3 is 2.76 bits per heavy atom. The number of hydrogen-bond donors (Lipinski definition) is 2. The minimum absolute atomic E-state index is 0.0560. The summed E-state index contributed by atoms with van der Waals surface area (Å²) in [7, 11) is 0. The van der Waals surface area contributed by atoms with E-state index in [1.54, 1.807) is 35.2 Å². The Morgan fingerprint density at radius 1 is 1.28 bits per heavy atom. The topological polar surface area (TPSA) is 96.1 Å². The van der Waals surface area contributed by atoms with E-state index in [1.807, 2.05) is 12.2 Å². The van der Waals surface area contributed by atoms with E-state index in [4.69, 9.17) is 10.5 Å². The monoisotopic (exact) mass is 399 g/mol. The van der Waals surface area contributed by atoms with Crippen molar-refractivity contribution in [2.45, 2.75) is 6.42 Å². The van der Waals surface area contributed by atoms with Crippen LogP contribution >= 0.6 is 0 Å². The van der Waals surface area contributed by atoms with E-state index in [2.05, 4.69) is 0 Å². The summed E-state index contributed by atoms with van der Waals surface area (Å²) < 4.78 is 18.4. The highest BCUT2D eigenvalue weighted by atomic mass is 19.1. The summed E-state index contributed by atoms with van der Waals surface area (Å²) in [5, 5.41) is 9.60. The fourth-order valence-corrected chi connectivity index (χ4v) is 3.03. The molecule has 0 unspecified atom stereocenters. The van der Waals surface area contributed by atoms with Crippen molar-refractivity contribution < 1.29 is 23.9 Å². The Balaban J connectivity index is 1.57. The number of halogens is 1. The van der Waals surface area contributed by atoms with Gasteiger partial charge in [-0.15, -0.1) is 0 Å². The Kier molecular flexibility index (Phi) is 6.46. The molecule has 0 atom stereocenters. The summed E-state index contributed by atoms with van der Waals surface area (Å²) in [6.07, 6.45) is 4.43. The van der Waals surface area contributed by atoms with Crippen molar-refractivity contribution in [3.05, 3.63) is 71.0 Å². The van der Waals surface area contributed by atoms with Crippen LogP contribution in [0.15, 0.2) is 48.5 Å². The van der Waals surface area contributed by atoms with Gasteiger partial charge in [0, 0.05) is 18.7 Å². The van der Waals surface area contributed by atoms with Crippen LogP contribution in [0, 0.1) is 5.82 Å². The van der Waals surface area contributed by atoms with Gasteiger partial charge in [0.15, 0.2) is 0 Å². The van der Waals surface area contributed by atoms with Gasteiger partial charge < -0.3 is 15.4 Å². The largest absolute Gasteiger partial charge is 0.492 e. The van der Waals surface area contributed by atoms with Gasteiger partial charge in [0.25, 0.3) is 5.91 Å². The van der Waals surface area contributed by atoms with Gasteiger partial charge in [0.1, 0.15) is 18.2 Å². The third-order valence-electron chi connectivity index (χ3n) is 4.58. The molecule has 152 valence electrons. The van der Waals surface area contributed by atoms with Crippen LogP contribution in [-0.4, -0.2) is 53.3 Å². The number of nitrogens with zero attached hydrogens (tertiary/aromatic N) is 2. The highest BCUT2D eigenvalue weighted by molar-refractivity contribution is 5.97. The first-order valence-electron chi connectivity index (χ1n) is 9.17. The molecule has 3 rings (SSSR count). The molecule has 0 saturated carbocycles. The molecule has 0 bridgehead atoms. The molecule has 1 aliphatic rings. The highest BCUT2D eigenvalue weighted by Crippen LogP contribution is 2.24. The maximum atomic E-state index is 12.9. The summed E-state index contributed by atoms with van der Waals surface area (Å²) in [5.74, 6) is 0.214. The Labute approximate surface area is 167 Å². The smallest absolute Gasteiger partial charge is 0.338 e. The van der Waals surface area contributed by atoms with E-state index in [0.29, 0.717) is 35.9 Å². The summed E-state index contributed by atoms with van der Waals surface area (Å²) in [6.45, 7) is 1.06. The van der Waals surface area contributed by atoms with Gasteiger partial charge in [0.05, 0.1) is 6.54 Å². The third kappa shape index (κ3) is 5.32. The van der Waals surface area contributed by atoms with Crippen molar-refractivity contribution in [1.29, 1.82) is 0 Å². The molecule has 3 N–H and O–H groups in total. The average molecular weight is 399 g/mol. The van der Waals surface area contributed by atoms with Crippen molar-refractivity contribution >= 4 is 18.0 Å². The van der Waals surface area contributed by atoms with Gasteiger partial charge in [-0.25, -0.2) is 14.2 Å². The Hall–Kier alpha value is -3.39. The van der Waals surface area contributed by atoms with E-state index < -0.39 is 6.03 Å². The molecule has 8 heteroatoms. The molecule has 1 aliphatic heterocycles. The average Bonchev–Trinajstić information content (AvgIpc) is 2.71. The van der Waals surface area contributed by atoms with Crippen LogP contribution in [0.4, 0.5) is 9.18 Å². The minimum Gasteiger partial charge on any atom is -0.492 e. The fraction of sp³-hybridized carbons (Fsp3) is 0.238. The zero-order valence-corrected chi connectivity index (χ0v) is 15.8. The lowest BCUT2D eigenvalue weighted by Gasteiger charge is -2.28. The SMILES string of the molecule is NC(=O)N(O)CCOc1ccc2c(c1)CCN(C/C=C/c1ccc(F)cc1)C2=O. The Morgan fingerprint density at radius 2 is 2.03 bits per heavy atom. The predicted octanol–water partition coefficient (Wildman–Crippen LogP) is 2.69. The number of amides is 3. The normalized spacial score (nSPS) is 13.4. The molecule has 2 aromatic rings. The number of ether oxygens (including phenoxy) is 1. The number of hydrogen-bond acceptors (Lipinski definition) is 4. The second-order valence-corrected chi connectivity index (χ2v) is 6.58. The molecule has 3 amide bonds. The van der Waals surface area contributed by atoms with Crippen LogP contribution in [0.2, 0.25) is 0 Å². The molecule has 7 nitrogen and oxygen atoms in total. The van der Waals surface area contributed by atoms with Crippen LogP contribution in [-0.2, 0) is 6.42 Å². The number of hydroxylamine groups is 2. The lowest BCUT2D eigenvalue weighted by atomic mass is 9.98. The van der Waals surface area contributed by atoms with Gasteiger partial charge in [-0.05, 0) is 47.9 Å². The summed E-state index contributed by atoms with van der Waals surface area (Å²) in [5.41, 5.74) is 7.31. The number of nitrogens with two attached hydrogens (primary N) is 1. The number of benzene rings is 2. The standard InChI is InChI=1S/C21H22FN3O4/c22-17-5-3-15(4-6-17)2-1-10-24-11-9-16-14-18(7-8-19(16)20(24)26)29-13-12-25(28)21(23)27/h1-8,14,28H,9-13H2,(H2,23,27)/b2-1+. The number of fused-ring (bicyclic) bond motifs is 1. The minimum atomic E-state index is -0.946. The van der Waals surface area contributed by atoms with Crippen molar-refractivity contribution in [2.75, 3.05) is 26.2 Å². The van der Waals surface area contributed by atoms with Crippen LogP contribution in [0.1, 0.15) is 21.5 Å². The van der Waals surface area contributed by atoms with Gasteiger partial charge in [-0.1, -0.05) is 24.3 Å². The molecule has 29 heavy (non-hydrogen) atoms. The molecule has 2 aromatic carbocycles. The molecule has 0 saturated heterocycles. The first-order chi connectivity index (χ1) is 13.9. The van der Waals surface area contributed by atoms with Crippen molar-refractivity contribution in [3.63, 3.8) is 0 Å². The predicted molar refractivity (Wildman–Crippen MR) is 105 cm³/mol. The van der Waals surface area contributed by atoms with Crippen LogP contribution in [0.5, 0.6) is 5.75 Å². The molecule has 0 aliphatic carbocycles. The van der Waals surface area contributed by atoms with Gasteiger partial charge in [-0.3, -0.25) is 10.0 Å². The number of urea groups is 1. The first kappa shape index (κ1) is 20.3. The lowest BCUT2D eigenvalue weighted by molar-refractivity contribution is -0.0464. The molecule has 0 radical (unpaired) electrons. The summed E-state index contributed by atoms with van der Waals surface area (Å²) in [6, 6.07) is 10.4. The lowest BCUT2D eigenvalue weighted by Crippen LogP contribution is -2.37. The zero-order chi connectivity index (χ0) is 20.8. The first-order valence-corrected chi connectivity index (χ1v) is 9.17. The zero-order valence-electron chi connectivity index (χ0n) is 15.8. The maximum Gasteiger partial charge on any atom is 0.338 e. The van der Waals surface area contributed by atoms with Crippen LogP contribution in [0.25, 0.3) is 6.08 Å². The number of primary amides is 1. The second-order valence-electron chi connectivity index (χ2n) is 6.58. The summed E-state index contributed by atoms with van der Waals surface area (Å²) >= 11 is 0. The van der Waals surface area contributed by atoms with Crippen LogP contribution < -0.4 is 10.5 Å². The molecule has 0 aromatic heterocycles. The van der Waals surface area contributed by atoms with Crippen molar-refractivity contribution in [1.82, 2.24) is 9.96 Å². The fourth-order valence-electron chi connectivity index (χ4n) is 3.03. The summed E-state index contributed by atoms with van der Waals surface area (Å²) in [4.78, 5) is 25.2. The van der Waals surface area contributed by atoms with Gasteiger partial charge in [-0.2, -0.15) is 0 Å². The van der Waals surface area contributed by atoms with Gasteiger partial charge in [0.2, 0.25) is 0 Å². The molecular weight excluding hydrogens is 377 g/mol. The second kappa shape index (κ2) is 9.20. The third-order valence-corrected chi connectivity index (χ3v) is 4.58. The molecule has 0 spiro atoms. The van der Waals surface area contributed by atoms with Crippen molar-refractivity contribution in [3.8, 4) is 5.75 Å². The van der Waals surface area contributed by atoms with Crippen LogP contribution in [0.3, 0.4) is 0 Å². The number of carbonyl (C=O) groups excluding carboxylic acids is 2. The highest BCUT2D eigenvalue weighted by Gasteiger charge is 2.23. The molecule has 1 heterocycles. The molecular formula is C21H22FN3O4. The number of rotatable bonds is 7. The van der Waals surface area contributed by atoms with Gasteiger partial charge >= 0.3 is 6.03 Å². The quantitative estimate of drug-likeness (QED) is 0.553. The maximum absolute atomic E-state index is 12.9.